The van der Waals surface area contributed by atoms with Gasteiger partial charge in [0.05, 0.1) is 12.8 Å². The van der Waals surface area contributed by atoms with Crippen LogP contribution in [0.25, 0.3) is 0 Å². The Bertz CT molecular complexity index is 451. The van der Waals surface area contributed by atoms with Gasteiger partial charge in [-0.05, 0) is 44.9 Å². The zero-order valence-corrected chi connectivity index (χ0v) is 11.9. The molecule has 1 amide bonds. The van der Waals surface area contributed by atoms with Crippen LogP contribution in [0.4, 0.5) is 5.69 Å². The maximum Gasteiger partial charge on any atom is 0.253 e. The van der Waals surface area contributed by atoms with Crippen LogP contribution < -0.4 is 10.1 Å². The van der Waals surface area contributed by atoms with E-state index in [2.05, 4.69) is 19.2 Å². The van der Waals surface area contributed by atoms with Crippen LogP contribution in [0, 0.1) is 0 Å². The number of amides is 1. The largest absolute Gasteiger partial charge is 0.495 e. The standard InChI is InChI=1S/C15H22N2O2/c1-11(2)16-13-10-12(6-7-14(13)19-3)15(18)17-8-4-5-9-17/h6-7,10-11,16H,4-5,8-9H2,1-3H3. The van der Waals surface area contributed by atoms with Crippen molar-refractivity contribution in [2.24, 2.45) is 0 Å². The Labute approximate surface area is 114 Å². The normalized spacial score (nSPS) is 14.8. The number of methoxy groups -OCH3 is 1. The van der Waals surface area contributed by atoms with Gasteiger partial charge in [0.2, 0.25) is 0 Å². The maximum atomic E-state index is 12.3. The van der Waals surface area contributed by atoms with E-state index in [4.69, 9.17) is 4.74 Å². The Morgan fingerprint density at radius 3 is 2.58 bits per heavy atom. The van der Waals surface area contributed by atoms with Crippen LogP contribution in [0.15, 0.2) is 18.2 Å². The summed E-state index contributed by atoms with van der Waals surface area (Å²) in [5.41, 5.74) is 1.60. The maximum absolute atomic E-state index is 12.3. The van der Waals surface area contributed by atoms with Crippen molar-refractivity contribution >= 4 is 11.6 Å². The molecule has 19 heavy (non-hydrogen) atoms. The van der Waals surface area contributed by atoms with Gasteiger partial charge < -0.3 is 15.0 Å². The minimum absolute atomic E-state index is 0.118. The highest BCUT2D eigenvalue weighted by Crippen LogP contribution is 2.27. The molecule has 104 valence electrons. The molecule has 1 aromatic carbocycles. The predicted molar refractivity (Wildman–Crippen MR) is 76.9 cm³/mol. The molecule has 0 unspecified atom stereocenters. The van der Waals surface area contributed by atoms with E-state index < -0.39 is 0 Å². The lowest BCUT2D eigenvalue weighted by molar-refractivity contribution is 0.0793. The fraction of sp³-hybridized carbons (Fsp3) is 0.533. The lowest BCUT2D eigenvalue weighted by Crippen LogP contribution is -2.27. The first-order chi connectivity index (χ1) is 9.11. The lowest BCUT2D eigenvalue weighted by atomic mass is 10.1. The highest BCUT2D eigenvalue weighted by molar-refractivity contribution is 5.95. The van der Waals surface area contributed by atoms with E-state index in [1.807, 2.05) is 23.1 Å². The summed E-state index contributed by atoms with van der Waals surface area (Å²) >= 11 is 0. The molecule has 1 aliphatic heterocycles. The lowest BCUT2D eigenvalue weighted by Gasteiger charge is -2.18. The molecule has 0 radical (unpaired) electrons. The monoisotopic (exact) mass is 262 g/mol. The molecule has 1 aromatic rings. The van der Waals surface area contributed by atoms with Crippen LogP contribution in [0.5, 0.6) is 5.75 Å². The van der Waals surface area contributed by atoms with Crippen molar-refractivity contribution in [3.8, 4) is 5.75 Å². The predicted octanol–water partition coefficient (Wildman–Crippen LogP) is 2.75. The number of rotatable bonds is 4. The van der Waals surface area contributed by atoms with Gasteiger partial charge in [-0.15, -0.1) is 0 Å². The highest BCUT2D eigenvalue weighted by Gasteiger charge is 2.20. The van der Waals surface area contributed by atoms with Crippen molar-refractivity contribution in [2.45, 2.75) is 32.7 Å². The van der Waals surface area contributed by atoms with Gasteiger partial charge in [-0.2, -0.15) is 0 Å². The van der Waals surface area contributed by atoms with Gasteiger partial charge in [-0.3, -0.25) is 4.79 Å². The Morgan fingerprint density at radius 1 is 1.32 bits per heavy atom. The second-order valence-corrected chi connectivity index (χ2v) is 5.21. The number of hydrogen-bond acceptors (Lipinski definition) is 3. The average molecular weight is 262 g/mol. The van der Waals surface area contributed by atoms with Gasteiger partial charge in [0.15, 0.2) is 0 Å². The average Bonchev–Trinajstić information content (AvgIpc) is 2.91. The quantitative estimate of drug-likeness (QED) is 0.907. The van der Waals surface area contributed by atoms with Crippen molar-refractivity contribution < 1.29 is 9.53 Å². The molecule has 1 saturated heterocycles. The SMILES string of the molecule is COc1ccc(C(=O)N2CCCC2)cc1NC(C)C. The molecule has 4 heteroatoms. The van der Waals surface area contributed by atoms with Crippen LogP contribution in [-0.4, -0.2) is 37.0 Å². The number of ether oxygens (including phenoxy) is 1. The zero-order valence-electron chi connectivity index (χ0n) is 11.9. The number of carbonyl (C=O) groups is 1. The molecule has 4 nitrogen and oxygen atoms in total. The molecule has 0 spiro atoms. The van der Waals surface area contributed by atoms with Crippen LogP contribution in [0.1, 0.15) is 37.0 Å². The molecular weight excluding hydrogens is 240 g/mol. The van der Waals surface area contributed by atoms with E-state index in [0.29, 0.717) is 6.04 Å². The third kappa shape index (κ3) is 3.19. The topological polar surface area (TPSA) is 41.6 Å². The van der Waals surface area contributed by atoms with E-state index >= 15 is 0 Å². The molecule has 1 aliphatic rings. The number of carbonyl (C=O) groups excluding carboxylic acids is 1. The first-order valence-electron chi connectivity index (χ1n) is 6.85. The van der Waals surface area contributed by atoms with Crippen molar-refractivity contribution in [3.63, 3.8) is 0 Å². The van der Waals surface area contributed by atoms with Crippen LogP contribution in [0.3, 0.4) is 0 Å². The molecule has 0 aromatic heterocycles. The van der Waals surface area contributed by atoms with Gasteiger partial charge in [-0.25, -0.2) is 0 Å². The van der Waals surface area contributed by atoms with E-state index in [0.717, 1.165) is 42.9 Å². The van der Waals surface area contributed by atoms with Gasteiger partial charge in [-0.1, -0.05) is 0 Å². The molecule has 1 N–H and O–H groups in total. The molecule has 0 bridgehead atoms. The third-order valence-corrected chi connectivity index (χ3v) is 3.28. The van der Waals surface area contributed by atoms with Crippen molar-refractivity contribution in [1.29, 1.82) is 0 Å². The van der Waals surface area contributed by atoms with Crippen LogP contribution in [-0.2, 0) is 0 Å². The molecular formula is C15H22N2O2. The Morgan fingerprint density at radius 2 is 2.00 bits per heavy atom. The minimum atomic E-state index is 0.118. The Balaban J connectivity index is 2.23. The summed E-state index contributed by atoms with van der Waals surface area (Å²) in [7, 11) is 1.64. The number of nitrogens with zero attached hydrogens (tertiary/aromatic N) is 1. The van der Waals surface area contributed by atoms with Crippen LogP contribution in [0.2, 0.25) is 0 Å². The molecule has 1 fully saturated rings. The van der Waals surface area contributed by atoms with Gasteiger partial charge in [0.25, 0.3) is 5.91 Å². The van der Waals surface area contributed by atoms with Gasteiger partial charge in [0, 0.05) is 24.7 Å². The molecule has 0 aliphatic carbocycles. The number of nitrogens with one attached hydrogen (secondary N) is 1. The highest BCUT2D eigenvalue weighted by atomic mass is 16.5. The number of anilines is 1. The van der Waals surface area contributed by atoms with E-state index in [9.17, 15) is 4.79 Å². The summed E-state index contributed by atoms with van der Waals surface area (Å²) < 4.78 is 5.32. The fourth-order valence-electron chi connectivity index (χ4n) is 2.37. The van der Waals surface area contributed by atoms with Crippen LogP contribution >= 0.6 is 0 Å². The summed E-state index contributed by atoms with van der Waals surface area (Å²) in [6.07, 6.45) is 2.22. The van der Waals surface area contributed by atoms with Crippen molar-refractivity contribution in [2.75, 3.05) is 25.5 Å². The number of benzene rings is 1. The molecule has 0 atom stereocenters. The second-order valence-electron chi connectivity index (χ2n) is 5.21. The Kier molecular flexibility index (Phi) is 4.30. The summed E-state index contributed by atoms with van der Waals surface area (Å²) in [6.45, 7) is 5.87. The first kappa shape index (κ1) is 13.7. The van der Waals surface area contributed by atoms with E-state index in [-0.39, 0.29) is 5.91 Å². The second kappa shape index (κ2) is 5.95. The minimum Gasteiger partial charge on any atom is -0.495 e. The number of hydrogen-bond donors (Lipinski definition) is 1. The summed E-state index contributed by atoms with van der Waals surface area (Å²) in [6, 6.07) is 5.88. The van der Waals surface area contributed by atoms with E-state index in [1.165, 1.54) is 0 Å². The first-order valence-corrected chi connectivity index (χ1v) is 6.85. The zero-order chi connectivity index (χ0) is 13.8. The van der Waals surface area contributed by atoms with Crippen molar-refractivity contribution in [3.05, 3.63) is 23.8 Å². The molecule has 1 heterocycles. The van der Waals surface area contributed by atoms with Gasteiger partial charge >= 0.3 is 0 Å². The van der Waals surface area contributed by atoms with Crippen molar-refractivity contribution in [1.82, 2.24) is 4.90 Å². The smallest absolute Gasteiger partial charge is 0.253 e. The fourth-order valence-corrected chi connectivity index (χ4v) is 2.37. The number of likely N-dealkylation sites (tertiary alicyclic amines) is 1. The summed E-state index contributed by atoms with van der Waals surface area (Å²) in [5.74, 6) is 0.888. The molecule has 0 saturated carbocycles. The summed E-state index contributed by atoms with van der Waals surface area (Å²) in [4.78, 5) is 14.3. The van der Waals surface area contributed by atoms with E-state index in [1.54, 1.807) is 7.11 Å². The van der Waals surface area contributed by atoms with Gasteiger partial charge in [0.1, 0.15) is 5.75 Å². The third-order valence-electron chi connectivity index (χ3n) is 3.28. The Hall–Kier alpha value is -1.71. The molecule has 2 rings (SSSR count). The summed E-state index contributed by atoms with van der Waals surface area (Å²) in [5, 5.41) is 3.31.